The maximum absolute atomic E-state index is 15.8. The summed E-state index contributed by atoms with van der Waals surface area (Å²) < 4.78 is 113. The number of urea groups is 1. The van der Waals surface area contributed by atoms with Gasteiger partial charge >= 0.3 is 12.0 Å². The third-order valence-electron chi connectivity index (χ3n) is 11.9. The van der Waals surface area contributed by atoms with Crippen molar-refractivity contribution < 1.29 is 48.7 Å². The molecule has 14 nitrogen and oxygen atoms in total. The second-order valence-electron chi connectivity index (χ2n) is 16.5. The van der Waals surface area contributed by atoms with Crippen LogP contribution >= 0.6 is 11.8 Å². The number of nitrogens with zero attached hydrogens (tertiary/aromatic N) is 6. The molecule has 0 atom stereocenters. The van der Waals surface area contributed by atoms with Crippen LogP contribution in [-0.2, 0) is 30.9 Å². The summed E-state index contributed by atoms with van der Waals surface area (Å²) in [6.07, 6.45) is 5.85. The largest absolute Gasteiger partial charge is 0.426 e. The number of nitrogens with one attached hydrogen (secondary N) is 1. The van der Waals surface area contributed by atoms with Crippen LogP contribution in [0.1, 0.15) is 58.9 Å². The summed E-state index contributed by atoms with van der Waals surface area (Å²) in [7, 11) is -8.17. The molecule has 2 fully saturated rings. The normalized spacial score (nSPS) is 16.3. The van der Waals surface area contributed by atoms with E-state index in [1.54, 1.807) is 36.7 Å². The van der Waals surface area contributed by atoms with Crippen molar-refractivity contribution >= 4 is 49.1 Å². The standard InChI is InChI=1S/C19H22F2N4O3S.C14H18ClF2NO2S.C12H10N2O2/c1-18(2,29(27,28)16-5-3-4-14(20)12-16)19(21)7-10-25(11-8-19)17(26)24-15-6-9-22-23-13-15;1-13(2,14(17)6-8-18(15)9-7-14)21(19,20)12-5-3-4-11(16)10-12;15-12(8-10-6-7-13-14-9-10)16-11-4-2-1-3-5-11/h3-6,9,12-13H,7-8,10-11H2,1-2H3,(H,22,24,26);3-5,10H,6-9H2,1-2H3;1-7,9H,8H2. The van der Waals surface area contributed by atoms with Crippen molar-refractivity contribution in [2.24, 2.45) is 0 Å². The number of anilines is 1. The third-order valence-corrected chi connectivity index (χ3v) is 17.4. The molecule has 4 heterocycles. The molecule has 2 aromatic heterocycles. The molecule has 2 aliphatic rings. The zero-order valence-electron chi connectivity index (χ0n) is 36.6. The quantitative estimate of drug-likeness (QED) is 0.0615. The fraction of sp³-hybridized carbons (Fsp3) is 0.378. The number of carbonyl (C=O) groups excluding carboxylic acids is 2. The van der Waals surface area contributed by atoms with Gasteiger partial charge in [0.25, 0.3) is 0 Å². The number of alkyl halides is 2. The van der Waals surface area contributed by atoms with Gasteiger partial charge in [-0.05, 0) is 119 Å². The zero-order chi connectivity index (χ0) is 48.4. The molecule has 7 rings (SSSR count). The number of likely N-dealkylation sites (tertiary alicyclic amines) is 1. The van der Waals surface area contributed by atoms with Crippen LogP contribution in [-0.4, -0.2) is 106 Å². The molecule has 2 saturated heterocycles. The zero-order valence-corrected chi connectivity index (χ0v) is 39.0. The Labute approximate surface area is 386 Å². The molecule has 3 aromatic carbocycles. The summed E-state index contributed by atoms with van der Waals surface area (Å²) in [6.45, 7) is 5.98. The minimum absolute atomic E-state index is 0.0258. The van der Waals surface area contributed by atoms with E-state index < -0.39 is 58.2 Å². The predicted molar refractivity (Wildman–Crippen MR) is 239 cm³/mol. The Balaban J connectivity index is 0.000000194. The highest BCUT2D eigenvalue weighted by atomic mass is 35.5. The van der Waals surface area contributed by atoms with E-state index >= 15 is 8.78 Å². The van der Waals surface area contributed by atoms with E-state index in [2.05, 4.69) is 25.7 Å². The number of hydrogen-bond acceptors (Lipinski definition) is 12. The number of piperidine rings is 2. The Kier molecular flexibility index (Phi) is 16.7. The van der Waals surface area contributed by atoms with Crippen molar-refractivity contribution in [3.63, 3.8) is 0 Å². The average molecular weight is 977 g/mol. The monoisotopic (exact) mass is 975 g/mol. The lowest BCUT2D eigenvalue weighted by Crippen LogP contribution is -2.58. The van der Waals surface area contributed by atoms with Gasteiger partial charge in [0.05, 0.1) is 40.5 Å². The number of rotatable bonds is 10. The number of aromatic nitrogens is 4. The van der Waals surface area contributed by atoms with E-state index in [9.17, 15) is 35.2 Å². The number of amides is 2. The van der Waals surface area contributed by atoms with E-state index in [4.69, 9.17) is 16.5 Å². The lowest BCUT2D eigenvalue weighted by atomic mass is 9.82. The molecule has 1 N–H and O–H groups in total. The highest BCUT2D eigenvalue weighted by Gasteiger charge is 2.57. The Morgan fingerprint density at radius 2 is 1.17 bits per heavy atom. The molecule has 5 aromatic rings. The van der Waals surface area contributed by atoms with Gasteiger partial charge in [0, 0.05) is 45.2 Å². The Hall–Kier alpha value is -5.57. The molecule has 0 spiro atoms. The number of hydrogen-bond donors (Lipinski definition) is 1. The number of para-hydroxylation sites is 1. The van der Waals surface area contributed by atoms with Crippen molar-refractivity contribution in [2.75, 3.05) is 31.5 Å². The Bertz CT molecular complexity index is 2600. The number of ether oxygens (including phenoxy) is 1. The molecule has 0 aliphatic carbocycles. The van der Waals surface area contributed by atoms with Crippen molar-refractivity contribution in [3.8, 4) is 5.75 Å². The van der Waals surface area contributed by atoms with E-state index in [0.29, 0.717) is 11.4 Å². The van der Waals surface area contributed by atoms with Gasteiger partial charge in [-0.15, -0.1) is 0 Å². The first-order valence-electron chi connectivity index (χ1n) is 20.6. The van der Waals surface area contributed by atoms with Crippen molar-refractivity contribution in [1.29, 1.82) is 0 Å². The summed E-state index contributed by atoms with van der Waals surface area (Å²) in [5, 5.41) is 17.2. The van der Waals surface area contributed by atoms with Crippen LogP contribution in [0, 0.1) is 11.6 Å². The van der Waals surface area contributed by atoms with Gasteiger partial charge in [0.1, 0.15) is 38.2 Å². The van der Waals surface area contributed by atoms with Crippen LogP contribution in [0.15, 0.2) is 126 Å². The molecular formula is C45H50ClF4N7O7S2. The van der Waals surface area contributed by atoms with Gasteiger partial charge in [-0.1, -0.05) is 30.3 Å². The van der Waals surface area contributed by atoms with Gasteiger partial charge in [-0.2, -0.15) is 20.4 Å². The lowest BCUT2D eigenvalue weighted by molar-refractivity contribution is -0.133. The first-order valence-corrected chi connectivity index (χ1v) is 23.9. The second-order valence-corrected chi connectivity index (χ2v) is 22.0. The van der Waals surface area contributed by atoms with Gasteiger partial charge < -0.3 is 15.0 Å². The number of sulfone groups is 2. The smallest absolute Gasteiger partial charge is 0.321 e. The van der Waals surface area contributed by atoms with Crippen molar-refractivity contribution in [1.82, 2.24) is 29.7 Å². The fourth-order valence-corrected chi connectivity index (χ4v) is 11.0. The summed E-state index contributed by atoms with van der Waals surface area (Å²) in [6, 6.07) is 21.1. The maximum Gasteiger partial charge on any atom is 0.321 e. The summed E-state index contributed by atoms with van der Waals surface area (Å²) >= 11 is 5.81. The van der Waals surface area contributed by atoms with Gasteiger partial charge in [0.2, 0.25) is 0 Å². The van der Waals surface area contributed by atoms with Gasteiger partial charge in [0.15, 0.2) is 19.7 Å². The molecule has 0 radical (unpaired) electrons. The topological polar surface area (TPSA) is 182 Å². The maximum atomic E-state index is 15.8. The Morgan fingerprint density at radius 1 is 0.682 bits per heavy atom. The highest BCUT2D eigenvalue weighted by molar-refractivity contribution is 7.93. The highest BCUT2D eigenvalue weighted by Crippen LogP contribution is 2.45. The summed E-state index contributed by atoms with van der Waals surface area (Å²) in [5.41, 5.74) is -2.73. The van der Waals surface area contributed by atoms with E-state index in [1.165, 1.54) is 73.7 Å². The predicted octanol–water partition coefficient (Wildman–Crippen LogP) is 8.16. The van der Waals surface area contributed by atoms with Gasteiger partial charge in [-0.25, -0.2) is 43.6 Å². The van der Waals surface area contributed by atoms with Crippen LogP contribution in [0.3, 0.4) is 0 Å². The molecule has 0 unspecified atom stereocenters. The number of halogens is 5. The first-order chi connectivity index (χ1) is 31.0. The van der Waals surface area contributed by atoms with E-state index in [0.717, 1.165) is 29.8 Å². The van der Waals surface area contributed by atoms with Gasteiger partial charge in [-0.3, -0.25) is 4.79 Å². The molecule has 0 bridgehead atoms. The molecular weight excluding hydrogens is 926 g/mol. The number of carbonyl (C=O) groups is 2. The molecule has 21 heteroatoms. The van der Waals surface area contributed by atoms with E-state index in [-0.39, 0.29) is 74.0 Å². The van der Waals surface area contributed by atoms with Crippen LogP contribution in [0.25, 0.3) is 0 Å². The van der Waals surface area contributed by atoms with Crippen molar-refractivity contribution in [2.45, 2.75) is 90.4 Å². The van der Waals surface area contributed by atoms with Crippen LogP contribution in [0.2, 0.25) is 0 Å². The molecule has 0 saturated carbocycles. The molecule has 66 heavy (non-hydrogen) atoms. The summed E-state index contributed by atoms with van der Waals surface area (Å²) in [4.78, 5) is 24.8. The van der Waals surface area contributed by atoms with Crippen LogP contribution in [0.5, 0.6) is 5.75 Å². The SMILES string of the molecule is CC(C)(C1(F)CCN(C(=O)Nc2ccnnc2)CC1)S(=O)(=O)c1cccc(F)c1.CC(C)(C1(F)CCN(Cl)CC1)S(=O)(=O)c1cccc(F)c1.O=C(Cc1ccnnc1)Oc1ccccc1. The van der Waals surface area contributed by atoms with Crippen molar-refractivity contribution in [3.05, 3.63) is 133 Å². The fourth-order valence-electron chi connectivity index (χ4n) is 7.25. The van der Waals surface area contributed by atoms with E-state index in [1.807, 2.05) is 18.2 Å². The minimum Gasteiger partial charge on any atom is -0.426 e. The molecule has 2 aliphatic heterocycles. The average Bonchev–Trinajstić information content (AvgIpc) is 3.29. The second kappa shape index (κ2) is 21.4. The Morgan fingerprint density at radius 3 is 1.62 bits per heavy atom. The number of esters is 1. The lowest BCUT2D eigenvalue weighted by Gasteiger charge is -2.45. The summed E-state index contributed by atoms with van der Waals surface area (Å²) in [5.74, 6) is -1.11. The first kappa shape index (κ1) is 51.4. The third kappa shape index (κ3) is 12.1. The molecule has 2 amide bonds. The number of benzene rings is 3. The van der Waals surface area contributed by atoms with Crippen LogP contribution < -0.4 is 10.1 Å². The minimum atomic E-state index is -4.15. The molecule has 354 valence electrons. The van der Waals surface area contributed by atoms with Crippen LogP contribution in [0.4, 0.5) is 28.0 Å².